The largest absolute Gasteiger partial charge is 0.455 e. The molecular formula is C22H27NO5S2. The van der Waals surface area contributed by atoms with Gasteiger partial charge in [0.25, 0.3) is 5.91 Å². The van der Waals surface area contributed by atoms with E-state index in [4.69, 9.17) is 4.74 Å². The van der Waals surface area contributed by atoms with E-state index in [1.807, 2.05) is 56.3 Å². The van der Waals surface area contributed by atoms with Crippen LogP contribution in [0.4, 0.5) is 0 Å². The van der Waals surface area contributed by atoms with Crippen molar-refractivity contribution in [3.63, 3.8) is 0 Å². The summed E-state index contributed by atoms with van der Waals surface area (Å²) in [5, 5.41) is 2.23. The van der Waals surface area contributed by atoms with Crippen LogP contribution in [0.2, 0.25) is 0 Å². The molecule has 1 heterocycles. The van der Waals surface area contributed by atoms with Crippen LogP contribution in [0.25, 0.3) is 10.8 Å². The molecule has 1 atom stereocenters. The smallest absolute Gasteiger partial charge is 0.316 e. The molecule has 2 aromatic carbocycles. The third-order valence-electron chi connectivity index (χ3n) is 4.97. The number of sulfone groups is 1. The van der Waals surface area contributed by atoms with E-state index in [0.29, 0.717) is 13.0 Å². The van der Waals surface area contributed by atoms with E-state index in [9.17, 15) is 18.0 Å². The molecule has 1 fully saturated rings. The summed E-state index contributed by atoms with van der Waals surface area (Å²) in [5.74, 6) is -0.427. The van der Waals surface area contributed by atoms with Crippen molar-refractivity contribution >= 4 is 44.2 Å². The van der Waals surface area contributed by atoms with Gasteiger partial charge in [-0.1, -0.05) is 44.2 Å². The molecule has 0 saturated carbocycles. The van der Waals surface area contributed by atoms with Crippen molar-refractivity contribution in [2.24, 2.45) is 5.92 Å². The molecular weight excluding hydrogens is 422 g/mol. The molecule has 6 nitrogen and oxygen atoms in total. The van der Waals surface area contributed by atoms with Crippen LogP contribution in [0.5, 0.6) is 0 Å². The second-order valence-corrected chi connectivity index (χ2v) is 11.2. The van der Waals surface area contributed by atoms with E-state index in [1.165, 1.54) is 11.8 Å². The van der Waals surface area contributed by atoms with Crippen molar-refractivity contribution in [3.8, 4) is 0 Å². The summed E-state index contributed by atoms with van der Waals surface area (Å²) in [4.78, 5) is 27.3. The molecule has 1 unspecified atom stereocenters. The molecule has 0 N–H and O–H groups in total. The first-order valence-electron chi connectivity index (χ1n) is 10.0. The lowest BCUT2D eigenvalue weighted by atomic mass is 10.1. The number of esters is 1. The first kappa shape index (κ1) is 22.6. The van der Waals surface area contributed by atoms with Crippen molar-refractivity contribution < 1.29 is 22.7 Å². The number of nitrogens with zero attached hydrogens (tertiary/aromatic N) is 1. The molecule has 3 rings (SSSR count). The van der Waals surface area contributed by atoms with E-state index >= 15 is 0 Å². The van der Waals surface area contributed by atoms with Crippen LogP contribution in [0.1, 0.15) is 20.3 Å². The van der Waals surface area contributed by atoms with E-state index in [0.717, 1.165) is 15.7 Å². The number of benzene rings is 2. The number of thioether (sulfide) groups is 1. The SMILES string of the molecule is CC(C)CN(C(=O)COC(=O)CSc1ccc2ccccc2c1)C1CCS(=O)(=O)C1. The highest BCUT2D eigenvalue weighted by molar-refractivity contribution is 8.00. The van der Waals surface area contributed by atoms with Gasteiger partial charge in [0.1, 0.15) is 0 Å². The molecule has 0 aromatic heterocycles. The third kappa shape index (κ3) is 6.22. The summed E-state index contributed by atoms with van der Waals surface area (Å²) >= 11 is 1.36. The van der Waals surface area contributed by atoms with Crippen molar-refractivity contribution in [1.82, 2.24) is 4.90 Å². The first-order valence-corrected chi connectivity index (χ1v) is 12.8. The summed E-state index contributed by atoms with van der Waals surface area (Å²) in [6.07, 6.45) is 0.437. The Bertz CT molecular complexity index is 1020. The normalized spacial score (nSPS) is 17.9. The Balaban J connectivity index is 1.52. The van der Waals surface area contributed by atoms with Gasteiger partial charge in [0.15, 0.2) is 16.4 Å². The lowest BCUT2D eigenvalue weighted by Crippen LogP contribution is -2.45. The van der Waals surface area contributed by atoms with Gasteiger partial charge in [-0.3, -0.25) is 9.59 Å². The minimum atomic E-state index is -3.10. The maximum absolute atomic E-state index is 12.6. The lowest BCUT2D eigenvalue weighted by molar-refractivity contribution is -0.151. The van der Waals surface area contributed by atoms with Gasteiger partial charge in [0, 0.05) is 17.5 Å². The predicted octanol–water partition coefficient (Wildman–Crippen LogP) is 3.15. The summed E-state index contributed by atoms with van der Waals surface area (Å²) in [6.45, 7) is 4.02. The number of carbonyl (C=O) groups excluding carboxylic acids is 2. The van der Waals surface area contributed by atoms with Crippen molar-refractivity contribution in [3.05, 3.63) is 42.5 Å². The first-order chi connectivity index (χ1) is 14.2. The predicted molar refractivity (Wildman–Crippen MR) is 119 cm³/mol. The maximum atomic E-state index is 12.6. The van der Waals surface area contributed by atoms with Crippen LogP contribution in [0.15, 0.2) is 47.4 Å². The van der Waals surface area contributed by atoms with Gasteiger partial charge in [0.2, 0.25) is 0 Å². The highest BCUT2D eigenvalue weighted by atomic mass is 32.2. The van der Waals surface area contributed by atoms with Gasteiger partial charge in [0.05, 0.1) is 17.3 Å². The molecule has 1 amide bonds. The summed E-state index contributed by atoms with van der Waals surface area (Å²) in [6, 6.07) is 13.6. The van der Waals surface area contributed by atoms with E-state index < -0.39 is 15.8 Å². The third-order valence-corrected chi connectivity index (χ3v) is 7.68. The van der Waals surface area contributed by atoms with Gasteiger partial charge >= 0.3 is 5.97 Å². The zero-order valence-electron chi connectivity index (χ0n) is 17.2. The van der Waals surface area contributed by atoms with E-state index in [1.54, 1.807) is 4.90 Å². The molecule has 1 aliphatic rings. The zero-order chi connectivity index (χ0) is 21.7. The van der Waals surface area contributed by atoms with E-state index in [-0.39, 0.29) is 41.7 Å². The number of fused-ring (bicyclic) bond motifs is 1. The van der Waals surface area contributed by atoms with Crippen LogP contribution in [0.3, 0.4) is 0 Å². The van der Waals surface area contributed by atoms with Crippen LogP contribution < -0.4 is 0 Å². The second-order valence-electron chi connectivity index (χ2n) is 7.96. The van der Waals surface area contributed by atoms with Crippen molar-refractivity contribution in [1.29, 1.82) is 0 Å². The average Bonchev–Trinajstić information content (AvgIpc) is 3.07. The number of hydrogen-bond donors (Lipinski definition) is 0. The maximum Gasteiger partial charge on any atom is 0.316 e. The minimum Gasteiger partial charge on any atom is -0.455 e. The van der Waals surface area contributed by atoms with Gasteiger partial charge in [-0.05, 0) is 35.2 Å². The molecule has 2 aromatic rings. The molecule has 1 aliphatic heterocycles. The summed E-state index contributed by atoms with van der Waals surface area (Å²) in [7, 11) is -3.10. The highest BCUT2D eigenvalue weighted by Crippen LogP contribution is 2.24. The molecule has 162 valence electrons. The van der Waals surface area contributed by atoms with Gasteiger partial charge in [-0.2, -0.15) is 0 Å². The average molecular weight is 450 g/mol. The van der Waals surface area contributed by atoms with Gasteiger partial charge in [-0.25, -0.2) is 8.42 Å². The molecule has 0 bridgehead atoms. The Morgan fingerprint density at radius 2 is 1.90 bits per heavy atom. The number of amides is 1. The number of ether oxygens (including phenoxy) is 1. The summed E-state index contributed by atoms with van der Waals surface area (Å²) < 4.78 is 28.8. The molecule has 8 heteroatoms. The Kier molecular flexibility index (Phi) is 7.41. The Hall–Kier alpha value is -2.06. The van der Waals surface area contributed by atoms with Crippen LogP contribution in [-0.2, 0) is 24.2 Å². The number of rotatable bonds is 8. The fourth-order valence-electron chi connectivity index (χ4n) is 3.54. The lowest BCUT2D eigenvalue weighted by Gasteiger charge is -2.29. The Labute approximate surface area is 181 Å². The second kappa shape index (κ2) is 9.83. The molecule has 30 heavy (non-hydrogen) atoms. The van der Waals surface area contributed by atoms with Crippen molar-refractivity contribution in [2.75, 3.05) is 30.4 Å². The van der Waals surface area contributed by atoms with Crippen LogP contribution in [0, 0.1) is 5.92 Å². The topological polar surface area (TPSA) is 80.8 Å². The number of carbonyl (C=O) groups is 2. The van der Waals surface area contributed by atoms with Gasteiger partial charge in [-0.15, -0.1) is 11.8 Å². The molecule has 1 saturated heterocycles. The molecule has 0 radical (unpaired) electrons. The fraction of sp³-hybridized carbons (Fsp3) is 0.455. The monoisotopic (exact) mass is 449 g/mol. The van der Waals surface area contributed by atoms with Crippen molar-refractivity contribution in [2.45, 2.75) is 31.2 Å². The molecule has 0 spiro atoms. The van der Waals surface area contributed by atoms with Gasteiger partial charge < -0.3 is 9.64 Å². The fourth-order valence-corrected chi connectivity index (χ4v) is 6.01. The number of hydrogen-bond acceptors (Lipinski definition) is 6. The zero-order valence-corrected chi connectivity index (χ0v) is 18.9. The minimum absolute atomic E-state index is 0.0166. The Morgan fingerprint density at radius 1 is 1.17 bits per heavy atom. The molecule has 0 aliphatic carbocycles. The van der Waals surface area contributed by atoms with Crippen LogP contribution >= 0.6 is 11.8 Å². The highest BCUT2D eigenvalue weighted by Gasteiger charge is 2.35. The van der Waals surface area contributed by atoms with E-state index in [2.05, 4.69) is 0 Å². The summed E-state index contributed by atoms with van der Waals surface area (Å²) in [5.41, 5.74) is 0. The van der Waals surface area contributed by atoms with Crippen LogP contribution in [-0.4, -0.2) is 61.6 Å². The standard InChI is InChI=1S/C22H27NO5S2/c1-16(2)12-23(19-9-10-30(26,27)15-19)21(24)13-28-22(25)14-29-20-8-7-17-5-3-4-6-18(17)11-20/h3-8,11,16,19H,9-10,12-15H2,1-2H3. The quantitative estimate of drug-likeness (QED) is 0.455. The Morgan fingerprint density at radius 3 is 2.57 bits per heavy atom.